The first-order chi connectivity index (χ1) is 9.51. The Hall–Kier alpha value is -0.650. The van der Waals surface area contributed by atoms with Crippen molar-refractivity contribution in [2.75, 3.05) is 47.0 Å². The molecule has 1 saturated carbocycles. The summed E-state index contributed by atoms with van der Waals surface area (Å²) in [5.41, 5.74) is -0.612. The van der Waals surface area contributed by atoms with Crippen LogP contribution in [0.4, 0.5) is 0 Å². The number of nitrogens with zero attached hydrogens (tertiary/aromatic N) is 1. The molecule has 5 heteroatoms. The quantitative estimate of drug-likeness (QED) is 0.458. The Bertz CT molecular complexity index is 295. The van der Waals surface area contributed by atoms with E-state index in [9.17, 15) is 4.79 Å². The summed E-state index contributed by atoms with van der Waals surface area (Å²) >= 11 is 0. The normalized spacial score (nSPS) is 18.1. The van der Waals surface area contributed by atoms with Gasteiger partial charge in [0.05, 0.1) is 13.2 Å². The molecule has 0 saturated heterocycles. The summed E-state index contributed by atoms with van der Waals surface area (Å²) in [6, 6.07) is 0. The van der Waals surface area contributed by atoms with Crippen molar-refractivity contribution in [3.63, 3.8) is 0 Å². The number of hydrogen-bond donors (Lipinski definition) is 1. The van der Waals surface area contributed by atoms with E-state index in [4.69, 9.17) is 9.47 Å². The monoisotopic (exact) mass is 286 g/mol. The van der Waals surface area contributed by atoms with E-state index in [2.05, 4.69) is 17.3 Å². The number of likely N-dealkylation sites (N-methyl/N-ethyl adjacent to an activating group) is 2. The second-order valence-corrected chi connectivity index (χ2v) is 5.87. The largest absolute Gasteiger partial charge is 0.465 e. The number of rotatable bonds is 11. The molecule has 0 heterocycles. The highest BCUT2D eigenvalue weighted by atomic mass is 16.5. The van der Waals surface area contributed by atoms with Crippen LogP contribution in [0.1, 0.15) is 33.1 Å². The van der Waals surface area contributed by atoms with Crippen LogP contribution in [0.3, 0.4) is 0 Å². The summed E-state index contributed by atoms with van der Waals surface area (Å²) in [5, 5.41) is 3.08. The molecule has 0 spiro atoms. The molecule has 0 aromatic rings. The first-order valence-corrected chi connectivity index (χ1v) is 7.64. The first-order valence-electron chi connectivity index (χ1n) is 7.64. The minimum atomic E-state index is -0.612. The summed E-state index contributed by atoms with van der Waals surface area (Å²) in [7, 11) is 3.86. The first kappa shape index (κ1) is 17.4. The van der Waals surface area contributed by atoms with Crippen molar-refractivity contribution < 1.29 is 14.3 Å². The third-order valence-corrected chi connectivity index (χ3v) is 3.94. The molecule has 20 heavy (non-hydrogen) atoms. The zero-order chi connectivity index (χ0) is 15.0. The predicted octanol–water partition coefficient (Wildman–Crippen LogP) is 1.28. The van der Waals surface area contributed by atoms with E-state index in [-0.39, 0.29) is 5.97 Å². The van der Waals surface area contributed by atoms with E-state index in [0.717, 1.165) is 38.6 Å². The van der Waals surface area contributed by atoms with Crippen LogP contribution in [0.15, 0.2) is 0 Å². The van der Waals surface area contributed by atoms with Gasteiger partial charge >= 0.3 is 5.97 Å². The summed E-state index contributed by atoms with van der Waals surface area (Å²) in [4.78, 5) is 14.1. The van der Waals surface area contributed by atoms with E-state index in [1.165, 1.54) is 12.8 Å². The highest BCUT2D eigenvalue weighted by molar-refractivity contribution is 5.80. The molecule has 1 N–H and O–H groups in total. The van der Waals surface area contributed by atoms with Crippen LogP contribution in [-0.4, -0.2) is 63.4 Å². The summed E-state index contributed by atoms with van der Waals surface area (Å²) in [6.45, 7) is 7.55. The van der Waals surface area contributed by atoms with Crippen LogP contribution < -0.4 is 5.32 Å². The SMILES string of the molecule is CCOC(=O)C(C)(CCN(C)CCOCC1CC1)NC. The van der Waals surface area contributed by atoms with Crippen molar-refractivity contribution in [1.29, 1.82) is 0 Å². The van der Waals surface area contributed by atoms with Gasteiger partial charge in [-0.05, 0) is 53.1 Å². The number of carbonyl (C=O) groups excluding carboxylic acids is 1. The molecule has 118 valence electrons. The number of ether oxygens (including phenoxy) is 2. The lowest BCUT2D eigenvalue weighted by Crippen LogP contribution is -2.50. The second-order valence-electron chi connectivity index (χ2n) is 5.87. The molecule has 0 aromatic carbocycles. The van der Waals surface area contributed by atoms with E-state index in [1.807, 2.05) is 13.8 Å². The second kappa shape index (κ2) is 8.60. The van der Waals surface area contributed by atoms with Gasteiger partial charge in [-0.15, -0.1) is 0 Å². The number of nitrogens with one attached hydrogen (secondary N) is 1. The molecule has 1 fully saturated rings. The molecule has 1 aliphatic rings. The van der Waals surface area contributed by atoms with Crippen molar-refractivity contribution in [1.82, 2.24) is 10.2 Å². The average Bonchev–Trinajstić information content (AvgIpc) is 3.25. The molecule has 1 aliphatic carbocycles. The zero-order valence-electron chi connectivity index (χ0n) is 13.4. The molecule has 0 aromatic heterocycles. The predicted molar refractivity (Wildman–Crippen MR) is 79.8 cm³/mol. The lowest BCUT2D eigenvalue weighted by atomic mass is 9.98. The molecule has 0 radical (unpaired) electrons. The van der Waals surface area contributed by atoms with Gasteiger partial charge in [0.1, 0.15) is 5.54 Å². The Kier molecular flexibility index (Phi) is 7.48. The van der Waals surface area contributed by atoms with Crippen molar-refractivity contribution >= 4 is 5.97 Å². The Labute approximate surface area is 123 Å². The van der Waals surface area contributed by atoms with E-state index >= 15 is 0 Å². The lowest BCUT2D eigenvalue weighted by molar-refractivity contribution is -0.150. The van der Waals surface area contributed by atoms with Crippen LogP contribution in [0, 0.1) is 5.92 Å². The van der Waals surface area contributed by atoms with Crippen molar-refractivity contribution in [2.24, 2.45) is 5.92 Å². The Morgan fingerprint density at radius 3 is 2.65 bits per heavy atom. The fourth-order valence-corrected chi connectivity index (χ4v) is 1.90. The number of esters is 1. The van der Waals surface area contributed by atoms with Gasteiger partial charge < -0.3 is 19.7 Å². The van der Waals surface area contributed by atoms with Gasteiger partial charge in [0.15, 0.2) is 0 Å². The highest BCUT2D eigenvalue weighted by Crippen LogP contribution is 2.28. The van der Waals surface area contributed by atoms with Gasteiger partial charge in [-0.1, -0.05) is 0 Å². The molecular formula is C15H30N2O3. The fraction of sp³-hybridized carbons (Fsp3) is 0.933. The standard InChI is InChI=1S/C15H30N2O3/c1-5-20-14(18)15(2,16-3)8-9-17(4)10-11-19-12-13-6-7-13/h13,16H,5-12H2,1-4H3. The number of carbonyl (C=O) groups is 1. The Morgan fingerprint density at radius 1 is 1.40 bits per heavy atom. The molecule has 1 unspecified atom stereocenters. The third-order valence-electron chi connectivity index (χ3n) is 3.94. The van der Waals surface area contributed by atoms with Crippen LogP contribution in [0.2, 0.25) is 0 Å². The maximum absolute atomic E-state index is 11.9. The van der Waals surface area contributed by atoms with Crippen molar-refractivity contribution in [3.05, 3.63) is 0 Å². The lowest BCUT2D eigenvalue weighted by Gasteiger charge is -2.29. The van der Waals surface area contributed by atoms with Crippen LogP contribution in [-0.2, 0) is 14.3 Å². The molecule has 0 amide bonds. The Balaban J connectivity index is 2.18. The smallest absolute Gasteiger partial charge is 0.326 e. The van der Waals surface area contributed by atoms with Crippen molar-refractivity contribution in [3.8, 4) is 0 Å². The maximum Gasteiger partial charge on any atom is 0.326 e. The van der Waals surface area contributed by atoms with Gasteiger partial charge in [-0.2, -0.15) is 0 Å². The van der Waals surface area contributed by atoms with E-state index in [1.54, 1.807) is 7.05 Å². The van der Waals surface area contributed by atoms with Crippen LogP contribution >= 0.6 is 0 Å². The molecular weight excluding hydrogens is 256 g/mol. The molecule has 0 bridgehead atoms. The third kappa shape index (κ3) is 6.20. The van der Waals surface area contributed by atoms with Gasteiger partial charge in [-0.25, -0.2) is 0 Å². The Morgan fingerprint density at radius 2 is 2.10 bits per heavy atom. The van der Waals surface area contributed by atoms with Gasteiger partial charge in [-0.3, -0.25) is 4.79 Å². The summed E-state index contributed by atoms with van der Waals surface area (Å²) in [5.74, 6) is 0.637. The van der Waals surface area contributed by atoms with Gasteiger partial charge in [0.25, 0.3) is 0 Å². The molecule has 1 atom stereocenters. The maximum atomic E-state index is 11.9. The summed E-state index contributed by atoms with van der Waals surface area (Å²) < 4.78 is 10.7. The molecule has 5 nitrogen and oxygen atoms in total. The van der Waals surface area contributed by atoms with Gasteiger partial charge in [0.2, 0.25) is 0 Å². The zero-order valence-corrected chi connectivity index (χ0v) is 13.4. The highest BCUT2D eigenvalue weighted by Gasteiger charge is 2.32. The number of hydrogen-bond acceptors (Lipinski definition) is 5. The van der Waals surface area contributed by atoms with E-state index in [0.29, 0.717) is 6.61 Å². The van der Waals surface area contributed by atoms with Crippen molar-refractivity contribution in [2.45, 2.75) is 38.6 Å². The summed E-state index contributed by atoms with van der Waals surface area (Å²) in [6.07, 6.45) is 3.38. The minimum absolute atomic E-state index is 0.180. The topological polar surface area (TPSA) is 50.8 Å². The minimum Gasteiger partial charge on any atom is -0.465 e. The average molecular weight is 286 g/mol. The van der Waals surface area contributed by atoms with E-state index < -0.39 is 5.54 Å². The van der Waals surface area contributed by atoms with Crippen LogP contribution in [0.25, 0.3) is 0 Å². The fourth-order valence-electron chi connectivity index (χ4n) is 1.90. The van der Waals surface area contributed by atoms with Crippen LogP contribution in [0.5, 0.6) is 0 Å². The molecule has 1 rings (SSSR count). The van der Waals surface area contributed by atoms with Gasteiger partial charge in [0, 0.05) is 19.7 Å². The molecule has 0 aliphatic heterocycles.